The topological polar surface area (TPSA) is 12.0 Å². The van der Waals surface area contributed by atoms with Crippen molar-refractivity contribution in [2.24, 2.45) is 0 Å². The molecule has 1 nitrogen and oxygen atoms in total. The summed E-state index contributed by atoms with van der Waals surface area (Å²) in [6, 6.07) is 6.15. The molecule has 0 radical (unpaired) electrons. The Morgan fingerprint density at radius 2 is 2.14 bits per heavy atom. The van der Waals surface area contributed by atoms with Crippen LogP contribution in [0.4, 0.5) is 5.69 Å². The van der Waals surface area contributed by atoms with Gasteiger partial charge >= 0.3 is 0 Å². The van der Waals surface area contributed by atoms with E-state index in [1.807, 2.05) is 25.1 Å². The summed E-state index contributed by atoms with van der Waals surface area (Å²) in [5, 5.41) is 3.26. The number of anilines is 1. The SMILES string of the molecule is CC1=CC(C)(Cl)Nc2ccc(Br)cc21. The summed E-state index contributed by atoms with van der Waals surface area (Å²) >= 11 is 9.69. The van der Waals surface area contributed by atoms with Crippen molar-refractivity contribution in [1.82, 2.24) is 0 Å². The quantitative estimate of drug-likeness (QED) is 0.550. The third-order valence-electron chi connectivity index (χ3n) is 2.27. The lowest BCUT2D eigenvalue weighted by Gasteiger charge is -2.29. The van der Waals surface area contributed by atoms with Crippen LogP contribution in [0.5, 0.6) is 0 Å². The Labute approximate surface area is 97.3 Å². The maximum atomic E-state index is 6.24. The van der Waals surface area contributed by atoms with E-state index in [-0.39, 0.29) is 0 Å². The van der Waals surface area contributed by atoms with Gasteiger partial charge in [-0.15, -0.1) is 0 Å². The van der Waals surface area contributed by atoms with E-state index in [1.165, 1.54) is 11.1 Å². The van der Waals surface area contributed by atoms with Crippen LogP contribution in [0, 0.1) is 0 Å². The summed E-state index contributed by atoms with van der Waals surface area (Å²) in [6.45, 7) is 4.02. The molecule has 2 rings (SSSR count). The highest BCUT2D eigenvalue weighted by atomic mass is 79.9. The molecule has 1 aliphatic rings. The second kappa shape index (κ2) is 3.28. The van der Waals surface area contributed by atoms with Crippen molar-refractivity contribution in [2.75, 3.05) is 5.32 Å². The number of benzene rings is 1. The van der Waals surface area contributed by atoms with Crippen LogP contribution in [0.2, 0.25) is 0 Å². The van der Waals surface area contributed by atoms with E-state index in [1.54, 1.807) is 0 Å². The minimum Gasteiger partial charge on any atom is -0.363 e. The van der Waals surface area contributed by atoms with Gasteiger partial charge in [-0.25, -0.2) is 0 Å². The van der Waals surface area contributed by atoms with Crippen molar-refractivity contribution in [2.45, 2.75) is 18.8 Å². The highest BCUT2D eigenvalue weighted by Gasteiger charge is 2.24. The van der Waals surface area contributed by atoms with Crippen LogP contribution in [0.15, 0.2) is 28.7 Å². The second-order valence-corrected chi connectivity index (χ2v) is 5.42. The zero-order chi connectivity index (χ0) is 10.3. The molecule has 14 heavy (non-hydrogen) atoms. The zero-order valence-electron chi connectivity index (χ0n) is 8.07. The number of rotatable bonds is 0. The lowest BCUT2D eigenvalue weighted by atomic mass is 9.99. The van der Waals surface area contributed by atoms with Gasteiger partial charge in [0, 0.05) is 15.7 Å². The summed E-state index contributed by atoms with van der Waals surface area (Å²) in [5.74, 6) is 0. The highest BCUT2D eigenvalue weighted by molar-refractivity contribution is 9.10. The Morgan fingerprint density at radius 1 is 1.43 bits per heavy atom. The number of alkyl halides is 1. The molecular formula is C11H11BrClN. The fraction of sp³-hybridized carbons (Fsp3) is 0.273. The molecule has 0 aromatic heterocycles. The Bertz CT molecular complexity index is 410. The Balaban J connectivity index is 2.56. The predicted molar refractivity (Wildman–Crippen MR) is 65.7 cm³/mol. The fourth-order valence-electron chi connectivity index (χ4n) is 1.74. The second-order valence-electron chi connectivity index (χ2n) is 3.72. The molecule has 1 unspecified atom stereocenters. The summed E-state index contributed by atoms with van der Waals surface area (Å²) in [7, 11) is 0. The molecule has 0 saturated carbocycles. The Hall–Kier alpha value is -0.470. The van der Waals surface area contributed by atoms with Crippen LogP contribution < -0.4 is 5.32 Å². The van der Waals surface area contributed by atoms with Crippen molar-refractivity contribution >= 4 is 38.8 Å². The number of hydrogen-bond donors (Lipinski definition) is 1. The third kappa shape index (κ3) is 1.82. The van der Waals surface area contributed by atoms with E-state index in [2.05, 4.69) is 34.2 Å². The summed E-state index contributed by atoms with van der Waals surface area (Å²) in [4.78, 5) is -0.467. The normalized spacial score (nSPS) is 25.0. The molecule has 1 aromatic carbocycles. The van der Waals surface area contributed by atoms with E-state index in [0.29, 0.717) is 0 Å². The van der Waals surface area contributed by atoms with E-state index >= 15 is 0 Å². The van der Waals surface area contributed by atoms with Gasteiger partial charge < -0.3 is 5.32 Å². The fourth-order valence-corrected chi connectivity index (χ4v) is 2.36. The molecule has 0 amide bonds. The van der Waals surface area contributed by atoms with Gasteiger partial charge in [-0.1, -0.05) is 27.5 Å². The predicted octanol–water partition coefficient (Wildman–Crippen LogP) is 4.23. The minimum absolute atomic E-state index is 0.467. The van der Waals surface area contributed by atoms with Crippen molar-refractivity contribution in [3.63, 3.8) is 0 Å². The molecule has 0 fully saturated rings. The maximum absolute atomic E-state index is 6.24. The minimum atomic E-state index is -0.467. The molecule has 3 heteroatoms. The highest BCUT2D eigenvalue weighted by Crippen LogP contribution is 2.36. The average Bonchev–Trinajstić information content (AvgIpc) is 2.05. The summed E-state index contributed by atoms with van der Waals surface area (Å²) in [5.41, 5.74) is 3.50. The van der Waals surface area contributed by atoms with Gasteiger partial charge in [0.2, 0.25) is 0 Å². The Kier molecular flexibility index (Phi) is 2.36. The van der Waals surface area contributed by atoms with Crippen LogP contribution in [0.3, 0.4) is 0 Å². The zero-order valence-corrected chi connectivity index (χ0v) is 10.4. The van der Waals surface area contributed by atoms with Crippen LogP contribution in [-0.4, -0.2) is 5.00 Å². The molecule has 1 atom stereocenters. The van der Waals surface area contributed by atoms with E-state index < -0.39 is 5.00 Å². The van der Waals surface area contributed by atoms with E-state index in [0.717, 1.165) is 10.2 Å². The molecule has 0 aliphatic carbocycles. The van der Waals surface area contributed by atoms with Crippen LogP contribution in [0.25, 0.3) is 5.57 Å². The first-order chi connectivity index (χ1) is 6.48. The maximum Gasteiger partial charge on any atom is 0.129 e. The van der Waals surface area contributed by atoms with Crippen molar-refractivity contribution < 1.29 is 0 Å². The van der Waals surface area contributed by atoms with Gasteiger partial charge in [0.15, 0.2) is 0 Å². The van der Waals surface area contributed by atoms with Crippen LogP contribution >= 0.6 is 27.5 Å². The van der Waals surface area contributed by atoms with Gasteiger partial charge in [-0.3, -0.25) is 0 Å². The van der Waals surface area contributed by atoms with Crippen molar-refractivity contribution in [3.05, 3.63) is 34.3 Å². The van der Waals surface area contributed by atoms with Crippen molar-refractivity contribution in [3.8, 4) is 0 Å². The molecule has 74 valence electrons. The number of halogens is 2. The van der Waals surface area contributed by atoms with Gasteiger partial charge in [0.05, 0.1) is 0 Å². The molecule has 0 spiro atoms. The number of allylic oxidation sites excluding steroid dienone is 1. The van der Waals surface area contributed by atoms with Crippen LogP contribution in [0.1, 0.15) is 19.4 Å². The molecule has 1 N–H and O–H groups in total. The van der Waals surface area contributed by atoms with E-state index in [9.17, 15) is 0 Å². The standard InChI is InChI=1S/C11H11BrClN/c1-7-6-11(2,13)14-10-4-3-8(12)5-9(7)10/h3-6,14H,1-2H3. The van der Waals surface area contributed by atoms with Gasteiger partial charge in [0.1, 0.15) is 5.00 Å². The molecule has 1 aromatic rings. The Morgan fingerprint density at radius 3 is 2.86 bits per heavy atom. The molecule has 0 saturated heterocycles. The smallest absolute Gasteiger partial charge is 0.129 e. The molecule has 0 bridgehead atoms. The largest absolute Gasteiger partial charge is 0.363 e. The van der Waals surface area contributed by atoms with Crippen molar-refractivity contribution in [1.29, 1.82) is 0 Å². The van der Waals surface area contributed by atoms with Gasteiger partial charge in [0.25, 0.3) is 0 Å². The third-order valence-corrected chi connectivity index (χ3v) is 2.97. The first kappa shape index (κ1) is 10.1. The van der Waals surface area contributed by atoms with E-state index in [4.69, 9.17) is 11.6 Å². The van der Waals surface area contributed by atoms with Crippen LogP contribution in [-0.2, 0) is 0 Å². The first-order valence-electron chi connectivity index (χ1n) is 4.44. The first-order valence-corrected chi connectivity index (χ1v) is 5.61. The number of hydrogen-bond acceptors (Lipinski definition) is 1. The monoisotopic (exact) mass is 271 g/mol. The average molecular weight is 273 g/mol. The number of fused-ring (bicyclic) bond motifs is 1. The summed E-state index contributed by atoms with van der Waals surface area (Å²) in [6.07, 6.45) is 2.03. The molecule has 1 aliphatic heterocycles. The summed E-state index contributed by atoms with van der Waals surface area (Å²) < 4.78 is 1.09. The number of nitrogens with one attached hydrogen (secondary N) is 1. The molecular weight excluding hydrogens is 261 g/mol. The van der Waals surface area contributed by atoms with Gasteiger partial charge in [-0.2, -0.15) is 0 Å². The van der Waals surface area contributed by atoms with Gasteiger partial charge in [-0.05, 0) is 43.7 Å². The lowest BCUT2D eigenvalue weighted by Crippen LogP contribution is -2.28. The lowest BCUT2D eigenvalue weighted by molar-refractivity contribution is 0.890. The molecule has 1 heterocycles.